The van der Waals surface area contributed by atoms with E-state index in [1.807, 2.05) is 18.2 Å². The van der Waals surface area contributed by atoms with Crippen molar-refractivity contribution in [1.29, 1.82) is 0 Å². The summed E-state index contributed by atoms with van der Waals surface area (Å²) < 4.78 is 32.2. The largest absolute Gasteiger partial charge is 0.464 e. The van der Waals surface area contributed by atoms with Crippen LogP contribution in [0.5, 0.6) is 0 Å². The molecular formula is C10H9ClO4S. The van der Waals surface area contributed by atoms with E-state index in [2.05, 4.69) is 0 Å². The molecule has 0 radical (unpaired) electrons. The summed E-state index contributed by atoms with van der Waals surface area (Å²) in [5.74, 6) is 0.381. The molecule has 0 N–H and O–H groups in total. The molecule has 1 heterocycles. The van der Waals surface area contributed by atoms with Crippen molar-refractivity contribution in [1.82, 2.24) is 0 Å². The third-order valence-corrected chi connectivity index (χ3v) is 3.24. The highest BCUT2D eigenvalue weighted by Crippen LogP contribution is 2.28. The van der Waals surface area contributed by atoms with Gasteiger partial charge in [-0.3, -0.25) is 0 Å². The molecule has 0 saturated carbocycles. The van der Waals surface area contributed by atoms with Crippen molar-refractivity contribution in [2.75, 3.05) is 0 Å². The molecule has 86 valence electrons. The first-order valence-corrected chi connectivity index (χ1v) is 6.93. The predicted octanol–water partition coefficient (Wildman–Crippen LogP) is 2.52. The highest BCUT2D eigenvalue weighted by Gasteiger charge is 2.23. The highest BCUT2D eigenvalue weighted by molar-refractivity contribution is 8.16. The van der Waals surface area contributed by atoms with E-state index in [-0.39, 0.29) is 5.09 Å². The third kappa shape index (κ3) is 2.48. The Morgan fingerprint density at radius 1 is 1.31 bits per heavy atom. The van der Waals surface area contributed by atoms with Crippen LogP contribution in [0.1, 0.15) is 12.8 Å². The molecule has 0 bridgehead atoms. The number of hydrogen-bond donors (Lipinski definition) is 0. The molecule has 1 aliphatic carbocycles. The van der Waals surface area contributed by atoms with E-state index in [0.29, 0.717) is 5.76 Å². The van der Waals surface area contributed by atoms with Crippen LogP contribution in [0.3, 0.4) is 0 Å². The second-order valence-corrected chi connectivity index (χ2v) is 5.75. The first-order chi connectivity index (χ1) is 7.57. The SMILES string of the molecule is O=S(=O)(Cl)C1=COC=C(C2=CC=CCC2)O1. The Hall–Kier alpha value is -1.20. The zero-order chi connectivity index (χ0) is 11.6. The molecule has 0 saturated heterocycles. The van der Waals surface area contributed by atoms with E-state index < -0.39 is 9.05 Å². The summed E-state index contributed by atoms with van der Waals surface area (Å²) in [6, 6.07) is 0. The minimum atomic E-state index is -3.90. The number of rotatable bonds is 2. The molecule has 4 nitrogen and oxygen atoms in total. The topological polar surface area (TPSA) is 52.6 Å². The van der Waals surface area contributed by atoms with Gasteiger partial charge in [0, 0.05) is 10.7 Å². The number of allylic oxidation sites excluding steroid dienone is 4. The second-order valence-electron chi connectivity index (χ2n) is 3.25. The number of ether oxygens (including phenoxy) is 2. The maximum Gasteiger partial charge on any atom is 0.297 e. The van der Waals surface area contributed by atoms with Crippen LogP contribution < -0.4 is 0 Å². The molecule has 0 aromatic rings. The van der Waals surface area contributed by atoms with Gasteiger partial charge in [-0.05, 0) is 18.4 Å². The van der Waals surface area contributed by atoms with Gasteiger partial charge in [0.1, 0.15) is 12.5 Å². The van der Waals surface area contributed by atoms with Crippen LogP contribution in [0.15, 0.2) is 47.2 Å². The van der Waals surface area contributed by atoms with Gasteiger partial charge in [0.2, 0.25) is 0 Å². The Labute approximate surface area is 97.9 Å². The average molecular weight is 261 g/mol. The maximum atomic E-state index is 11.0. The lowest BCUT2D eigenvalue weighted by atomic mass is 10.0. The zero-order valence-electron chi connectivity index (χ0n) is 8.22. The van der Waals surface area contributed by atoms with Crippen LogP contribution in [0.25, 0.3) is 0 Å². The van der Waals surface area contributed by atoms with Crippen LogP contribution in [-0.2, 0) is 18.5 Å². The molecule has 6 heteroatoms. The van der Waals surface area contributed by atoms with Gasteiger partial charge in [0.15, 0.2) is 5.76 Å². The molecule has 0 fully saturated rings. The Morgan fingerprint density at radius 2 is 2.12 bits per heavy atom. The van der Waals surface area contributed by atoms with E-state index in [1.54, 1.807) is 0 Å². The standard InChI is InChI=1S/C10H9ClO4S/c11-16(12,13)10-7-14-6-9(15-10)8-4-2-1-3-5-8/h1-2,4,6-7H,3,5H2. The summed E-state index contributed by atoms with van der Waals surface area (Å²) in [6.07, 6.45) is 9.74. The van der Waals surface area contributed by atoms with Gasteiger partial charge in [0.25, 0.3) is 14.1 Å². The summed E-state index contributed by atoms with van der Waals surface area (Å²) in [5.41, 5.74) is 0.883. The van der Waals surface area contributed by atoms with Crippen molar-refractivity contribution >= 4 is 19.7 Å². The maximum absolute atomic E-state index is 11.0. The first kappa shape index (κ1) is 11.3. The third-order valence-electron chi connectivity index (χ3n) is 2.12. The molecule has 0 unspecified atom stereocenters. The van der Waals surface area contributed by atoms with Crippen molar-refractivity contribution in [2.24, 2.45) is 0 Å². The van der Waals surface area contributed by atoms with E-state index in [9.17, 15) is 8.42 Å². The summed E-state index contributed by atoms with van der Waals surface area (Å²) >= 11 is 0. The van der Waals surface area contributed by atoms with E-state index in [1.165, 1.54) is 6.26 Å². The fourth-order valence-electron chi connectivity index (χ4n) is 1.36. The lowest BCUT2D eigenvalue weighted by Crippen LogP contribution is -2.08. The van der Waals surface area contributed by atoms with E-state index >= 15 is 0 Å². The lowest BCUT2D eigenvalue weighted by molar-refractivity contribution is 0.249. The molecule has 0 amide bonds. The van der Waals surface area contributed by atoms with Crippen LogP contribution in [0.4, 0.5) is 0 Å². The summed E-state index contributed by atoms with van der Waals surface area (Å²) in [5, 5.41) is -0.387. The Morgan fingerprint density at radius 3 is 2.75 bits per heavy atom. The molecule has 0 aromatic heterocycles. The Bertz CT molecular complexity index is 511. The van der Waals surface area contributed by atoms with Gasteiger partial charge in [-0.15, -0.1) is 0 Å². The summed E-state index contributed by atoms with van der Waals surface area (Å²) in [7, 11) is 1.26. The van der Waals surface area contributed by atoms with Gasteiger partial charge >= 0.3 is 0 Å². The van der Waals surface area contributed by atoms with Gasteiger partial charge in [-0.2, -0.15) is 0 Å². The average Bonchev–Trinajstić information content (AvgIpc) is 2.29. The van der Waals surface area contributed by atoms with E-state index in [0.717, 1.165) is 24.7 Å². The smallest absolute Gasteiger partial charge is 0.297 e. The van der Waals surface area contributed by atoms with Crippen LogP contribution in [-0.4, -0.2) is 8.42 Å². The van der Waals surface area contributed by atoms with Crippen molar-refractivity contribution in [3.63, 3.8) is 0 Å². The monoisotopic (exact) mass is 260 g/mol. The molecule has 0 aromatic carbocycles. The quantitative estimate of drug-likeness (QED) is 0.716. The Balaban J connectivity index is 2.19. The predicted molar refractivity (Wildman–Crippen MR) is 59.6 cm³/mol. The van der Waals surface area contributed by atoms with Crippen LogP contribution in [0, 0.1) is 0 Å². The zero-order valence-corrected chi connectivity index (χ0v) is 9.79. The van der Waals surface area contributed by atoms with Gasteiger partial charge < -0.3 is 9.47 Å². The fraction of sp³-hybridized carbons (Fsp3) is 0.200. The normalized spacial score (nSPS) is 20.2. The number of hydrogen-bond acceptors (Lipinski definition) is 4. The van der Waals surface area contributed by atoms with Crippen molar-refractivity contribution in [2.45, 2.75) is 12.8 Å². The fourth-order valence-corrected chi connectivity index (χ4v) is 1.93. The molecular weight excluding hydrogens is 252 g/mol. The van der Waals surface area contributed by atoms with Crippen LogP contribution >= 0.6 is 10.7 Å². The highest BCUT2D eigenvalue weighted by atomic mass is 35.7. The first-order valence-electron chi connectivity index (χ1n) is 4.62. The molecule has 0 spiro atoms. The lowest BCUT2D eigenvalue weighted by Gasteiger charge is -2.17. The molecule has 0 atom stereocenters. The van der Waals surface area contributed by atoms with Crippen molar-refractivity contribution in [3.05, 3.63) is 47.2 Å². The minimum absolute atomic E-state index is 0.381. The van der Waals surface area contributed by atoms with E-state index in [4.69, 9.17) is 20.2 Å². The molecule has 2 rings (SSSR count). The van der Waals surface area contributed by atoms with Crippen molar-refractivity contribution in [3.8, 4) is 0 Å². The van der Waals surface area contributed by atoms with Gasteiger partial charge in [-0.25, -0.2) is 8.42 Å². The summed E-state index contributed by atoms with van der Waals surface area (Å²) in [4.78, 5) is 0. The van der Waals surface area contributed by atoms with Crippen LogP contribution in [0.2, 0.25) is 0 Å². The molecule has 16 heavy (non-hydrogen) atoms. The van der Waals surface area contributed by atoms with Crippen molar-refractivity contribution < 1.29 is 17.9 Å². The minimum Gasteiger partial charge on any atom is -0.464 e. The molecule has 2 aliphatic rings. The Kier molecular flexibility index (Phi) is 3.07. The van der Waals surface area contributed by atoms with Gasteiger partial charge in [0.05, 0.1) is 0 Å². The second kappa shape index (κ2) is 4.35. The molecule has 1 aliphatic heterocycles. The van der Waals surface area contributed by atoms with Gasteiger partial charge in [-0.1, -0.05) is 18.2 Å². The summed E-state index contributed by atoms with van der Waals surface area (Å²) in [6.45, 7) is 0. The number of halogens is 1.